The fourth-order valence-electron chi connectivity index (χ4n) is 3.09. The molecule has 0 atom stereocenters. The molecule has 0 heterocycles. The molecule has 7 nitrogen and oxygen atoms in total. The Morgan fingerprint density at radius 1 is 0.882 bits per heavy atom. The molecule has 34 heavy (non-hydrogen) atoms. The van der Waals surface area contributed by atoms with E-state index in [0.29, 0.717) is 5.69 Å². The molecule has 0 aliphatic rings. The van der Waals surface area contributed by atoms with Gasteiger partial charge in [0.1, 0.15) is 5.82 Å². The first kappa shape index (κ1) is 24.9. The van der Waals surface area contributed by atoms with E-state index in [0.717, 1.165) is 15.4 Å². The van der Waals surface area contributed by atoms with Gasteiger partial charge in [0.15, 0.2) is 6.61 Å². The van der Waals surface area contributed by atoms with Crippen LogP contribution in [0, 0.1) is 12.7 Å². The van der Waals surface area contributed by atoms with Crippen LogP contribution in [-0.4, -0.2) is 45.9 Å². The van der Waals surface area contributed by atoms with Gasteiger partial charge in [0, 0.05) is 20.6 Å². The average molecular weight is 485 g/mol. The Morgan fingerprint density at radius 2 is 1.47 bits per heavy atom. The second-order valence-corrected chi connectivity index (χ2v) is 9.75. The minimum Gasteiger partial charge on any atom is -0.452 e. The molecule has 3 rings (SSSR count). The van der Waals surface area contributed by atoms with E-state index >= 15 is 0 Å². The largest absolute Gasteiger partial charge is 0.452 e. The zero-order valence-electron chi connectivity index (χ0n) is 19.1. The van der Waals surface area contributed by atoms with Crippen molar-refractivity contribution >= 4 is 27.6 Å². The Morgan fingerprint density at radius 3 is 2.06 bits per heavy atom. The predicted octanol–water partition coefficient (Wildman–Crippen LogP) is 3.77. The van der Waals surface area contributed by atoms with Crippen LogP contribution in [0.25, 0.3) is 0 Å². The van der Waals surface area contributed by atoms with Crippen molar-refractivity contribution < 1.29 is 27.1 Å². The molecule has 178 valence electrons. The van der Waals surface area contributed by atoms with Crippen LogP contribution in [0.2, 0.25) is 0 Å². The van der Waals surface area contributed by atoms with Crippen molar-refractivity contribution in [1.29, 1.82) is 0 Å². The number of nitrogens with zero attached hydrogens (tertiary/aromatic N) is 2. The summed E-state index contributed by atoms with van der Waals surface area (Å²) in [4.78, 5) is 26.1. The number of hydrogen-bond donors (Lipinski definition) is 0. The topological polar surface area (TPSA) is 84.0 Å². The van der Waals surface area contributed by atoms with Gasteiger partial charge in [0.2, 0.25) is 0 Å². The summed E-state index contributed by atoms with van der Waals surface area (Å²) < 4.78 is 44.9. The van der Waals surface area contributed by atoms with Crippen molar-refractivity contribution in [1.82, 2.24) is 4.90 Å². The van der Waals surface area contributed by atoms with Crippen molar-refractivity contribution in [3.8, 4) is 0 Å². The number of ether oxygens (including phenoxy) is 1. The number of esters is 1. The van der Waals surface area contributed by atoms with Crippen LogP contribution in [0.1, 0.15) is 21.5 Å². The fourth-order valence-corrected chi connectivity index (χ4v) is 4.28. The summed E-state index contributed by atoms with van der Waals surface area (Å²) in [6.07, 6.45) is 0. The smallest absolute Gasteiger partial charge is 0.338 e. The third-order valence-electron chi connectivity index (χ3n) is 5.23. The van der Waals surface area contributed by atoms with Crippen LogP contribution >= 0.6 is 0 Å². The number of likely N-dealkylation sites (N-methyl/N-ethyl adjacent to an activating group) is 1. The van der Waals surface area contributed by atoms with E-state index in [4.69, 9.17) is 4.74 Å². The highest BCUT2D eigenvalue weighted by Gasteiger charge is 2.21. The molecule has 9 heteroatoms. The molecule has 0 aliphatic heterocycles. The van der Waals surface area contributed by atoms with Crippen molar-refractivity contribution in [2.24, 2.45) is 0 Å². The van der Waals surface area contributed by atoms with Crippen LogP contribution in [0.5, 0.6) is 0 Å². The standard InChI is InChI=1S/C25H25FN2O5S/c1-18-4-14-23(15-5-18)34(31,32)28(3)22-12-8-20(9-13-22)25(30)33-17-24(29)27(2)16-19-6-10-21(26)11-7-19/h4-15H,16-17H2,1-3H3. The molecule has 0 N–H and O–H groups in total. The predicted molar refractivity (Wildman–Crippen MR) is 126 cm³/mol. The number of carbonyl (C=O) groups is 2. The van der Waals surface area contributed by atoms with E-state index in [9.17, 15) is 22.4 Å². The lowest BCUT2D eigenvalue weighted by atomic mass is 10.2. The molecular formula is C25H25FN2O5S. The quantitative estimate of drug-likeness (QED) is 0.455. The van der Waals surface area contributed by atoms with Gasteiger partial charge in [-0.15, -0.1) is 0 Å². The van der Waals surface area contributed by atoms with Crippen LogP contribution in [0.3, 0.4) is 0 Å². The third-order valence-corrected chi connectivity index (χ3v) is 7.03. The number of aryl methyl sites for hydroxylation is 1. The number of sulfonamides is 1. The van der Waals surface area contributed by atoms with Crippen molar-refractivity contribution in [3.63, 3.8) is 0 Å². The zero-order valence-corrected chi connectivity index (χ0v) is 19.9. The summed E-state index contributed by atoms with van der Waals surface area (Å²) in [7, 11) is -0.772. The molecule has 3 aromatic rings. The summed E-state index contributed by atoms with van der Waals surface area (Å²) in [5, 5.41) is 0. The molecular weight excluding hydrogens is 459 g/mol. The molecule has 0 fully saturated rings. The molecule has 0 saturated carbocycles. The number of rotatable bonds is 8. The second-order valence-electron chi connectivity index (χ2n) is 7.78. The molecule has 0 spiro atoms. The highest BCUT2D eigenvalue weighted by molar-refractivity contribution is 7.92. The molecule has 3 aromatic carbocycles. The molecule has 0 bridgehead atoms. The minimum absolute atomic E-state index is 0.160. The van der Waals surface area contributed by atoms with Gasteiger partial charge >= 0.3 is 5.97 Å². The summed E-state index contributed by atoms with van der Waals surface area (Å²) in [5.74, 6) is -1.49. The summed E-state index contributed by atoms with van der Waals surface area (Å²) in [5.41, 5.74) is 2.24. The Hall–Kier alpha value is -3.72. The summed E-state index contributed by atoms with van der Waals surface area (Å²) in [6.45, 7) is 1.65. The molecule has 1 amide bonds. The van der Waals surface area contributed by atoms with E-state index in [2.05, 4.69) is 0 Å². The maximum absolute atomic E-state index is 13.0. The fraction of sp³-hybridized carbons (Fsp3) is 0.200. The molecule has 0 aromatic heterocycles. The monoisotopic (exact) mass is 484 g/mol. The zero-order chi connectivity index (χ0) is 24.9. The maximum atomic E-state index is 13.0. The van der Waals surface area contributed by atoms with Crippen LogP contribution < -0.4 is 4.31 Å². The van der Waals surface area contributed by atoms with Crippen LogP contribution in [-0.2, 0) is 26.1 Å². The number of hydrogen-bond acceptors (Lipinski definition) is 5. The van der Waals surface area contributed by atoms with E-state index < -0.39 is 28.5 Å². The molecule has 0 saturated heterocycles. The SMILES string of the molecule is Cc1ccc(S(=O)(=O)N(C)c2ccc(C(=O)OCC(=O)N(C)Cc3ccc(F)cc3)cc2)cc1. The van der Waals surface area contributed by atoms with E-state index in [1.807, 2.05) is 6.92 Å². The van der Waals surface area contributed by atoms with Gasteiger partial charge in [0.05, 0.1) is 16.1 Å². The Labute approximate surface area is 198 Å². The first-order valence-electron chi connectivity index (χ1n) is 10.4. The van der Waals surface area contributed by atoms with Crippen molar-refractivity contribution in [2.45, 2.75) is 18.4 Å². The number of benzene rings is 3. The Bertz CT molecular complexity index is 1260. The van der Waals surface area contributed by atoms with Crippen LogP contribution in [0.15, 0.2) is 77.7 Å². The van der Waals surface area contributed by atoms with Gasteiger partial charge in [-0.25, -0.2) is 17.6 Å². The van der Waals surface area contributed by atoms with Gasteiger partial charge in [0.25, 0.3) is 15.9 Å². The Balaban J connectivity index is 1.58. The summed E-state index contributed by atoms with van der Waals surface area (Å²) >= 11 is 0. The lowest BCUT2D eigenvalue weighted by Crippen LogP contribution is -2.30. The van der Waals surface area contributed by atoms with E-state index in [1.165, 1.54) is 60.5 Å². The number of carbonyl (C=O) groups excluding carboxylic acids is 2. The van der Waals surface area contributed by atoms with Gasteiger partial charge < -0.3 is 9.64 Å². The van der Waals surface area contributed by atoms with Gasteiger partial charge in [-0.05, 0) is 61.0 Å². The average Bonchev–Trinajstić information content (AvgIpc) is 2.83. The molecule has 0 radical (unpaired) electrons. The number of amides is 1. The maximum Gasteiger partial charge on any atom is 0.338 e. The van der Waals surface area contributed by atoms with Gasteiger partial charge in [-0.3, -0.25) is 9.10 Å². The second kappa shape index (κ2) is 10.5. The first-order chi connectivity index (χ1) is 16.1. The summed E-state index contributed by atoms with van der Waals surface area (Å²) in [6, 6.07) is 18.1. The highest BCUT2D eigenvalue weighted by Crippen LogP contribution is 2.23. The van der Waals surface area contributed by atoms with Gasteiger partial charge in [-0.1, -0.05) is 29.8 Å². The number of halogens is 1. The van der Waals surface area contributed by atoms with Crippen LogP contribution in [0.4, 0.5) is 10.1 Å². The first-order valence-corrected chi connectivity index (χ1v) is 11.8. The molecule has 0 aliphatic carbocycles. The minimum atomic E-state index is -3.75. The Kier molecular flexibility index (Phi) is 7.68. The molecule has 0 unspecified atom stereocenters. The van der Waals surface area contributed by atoms with E-state index in [-0.39, 0.29) is 22.8 Å². The normalized spacial score (nSPS) is 11.1. The lowest BCUT2D eigenvalue weighted by molar-refractivity contribution is -0.133. The highest BCUT2D eigenvalue weighted by atomic mass is 32.2. The number of anilines is 1. The lowest BCUT2D eigenvalue weighted by Gasteiger charge is -2.20. The van der Waals surface area contributed by atoms with E-state index in [1.54, 1.807) is 31.3 Å². The van der Waals surface area contributed by atoms with Crippen molar-refractivity contribution in [3.05, 3.63) is 95.3 Å². The van der Waals surface area contributed by atoms with Gasteiger partial charge in [-0.2, -0.15) is 0 Å². The third kappa shape index (κ3) is 5.99. The van der Waals surface area contributed by atoms with Crippen molar-refractivity contribution in [2.75, 3.05) is 25.0 Å².